The van der Waals surface area contributed by atoms with E-state index in [9.17, 15) is 9.59 Å². The minimum absolute atomic E-state index is 0.390. The molecule has 0 aliphatic heterocycles. The first-order chi connectivity index (χ1) is 7.06. The van der Waals surface area contributed by atoms with E-state index >= 15 is 0 Å². The molecule has 2 aromatic heterocycles. The van der Waals surface area contributed by atoms with Crippen LogP contribution in [0.1, 0.15) is 6.92 Å². The lowest BCUT2D eigenvalue weighted by Crippen LogP contribution is -2.30. The average molecular weight is 226 g/mol. The Labute approximate surface area is 89.2 Å². The molecule has 7 heteroatoms. The van der Waals surface area contributed by atoms with Crippen molar-refractivity contribution in [2.75, 3.05) is 0 Å². The number of hydrogen-bond donors (Lipinski definition) is 2. The van der Waals surface area contributed by atoms with Crippen LogP contribution in [0.2, 0.25) is 0 Å². The van der Waals surface area contributed by atoms with E-state index in [1.165, 1.54) is 4.57 Å². The normalized spacial score (nSPS) is 11.1. The van der Waals surface area contributed by atoms with Gasteiger partial charge in [0.1, 0.15) is 5.65 Å². The van der Waals surface area contributed by atoms with E-state index in [0.717, 1.165) is 0 Å². The SMILES string of the molecule is CCn1c(=O)[nH]c(=O)c2c1[nH]c(=S)n2C. The van der Waals surface area contributed by atoms with Gasteiger partial charge in [-0.15, -0.1) is 0 Å². The van der Waals surface area contributed by atoms with E-state index < -0.39 is 11.2 Å². The van der Waals surface area contributed by atoms with Gasteiger partial charge in [-0.3, -0.25) is 14.3 Å². The third-order valence-electron chi connectivity index (χ3n) is 2.36. The zero-order chi connectivity index (χ0) is 11.2. The Morgan fingerprint density at radius 2 is 2.00 bits per heavy atom. The van der Waals surface area contributed by atoms with Crippen molar-refractivity contribution < 1.29 is 0 Å². The van der Waals surface area contributed by atoms with Crippen molar-refractivity contribution in [1.29, 1.82) is 0 Å². The summed E-state index contributed by atoms with van der Waals surface area (Å²) in [4.78, 5) is 28.1. The molecule has 0 spiro atoms. The third kappa shape index (κ3) is 1.27. The molecule has 15 heavy (non-hydrogen) atoms. The molecule has 2 aromatic rings. The number of rotatable bonds is 1. The van der Waals surface area contributed by atoms with E-state index in [0.29, 0.717) is 22.5 Å². The van der Waals surface area contributed by atoms with Crippen LogP contribution in [0.5, 0.6) is 0 Å². The van der Waals surface area contributed by atoms with Crippen LogP contribution in [0.3, 0.4) is 0 Å². The maximum Gasteiger partial charge on any atom is 0.330 e. The molecule has 0 atom stereocenters. The van der Waals surface area contributed by atoms with Gasteiger partial charge in [0.15, 0.2) is 10.3 Å². The maximum atomic E-state index is 11.5. The predicted octanol–water partition coefficient (Wildman–Crippen LogP) is 0.106. The zero-order valence-electron chi connectivity index (χ0n) is 8.33. The first kappa shape index (κ1) is 9.91. The number of fused-ring (bicyclic) bond motifs is 1. The number of nitrogens with zero attached hydrogens (tertiary/aromatic N) is 2. The Kier molecular flexibility index (Phi) is 2.11. The topological polar surface area (TPSA) is 75.6 Å². The summed E-state index contributed by atoms with van der Waals surface area (Å²) in [6.45, 7) is 2.30. The van der Waals surface area contributed by atoms with Crippen LogP contribution in [0, 0.1) is 4.77 Å². The number of nitrogens with one attached hydrogen (secondary N) is 2. The van der Waals surface area contributed by atoms with Gasteiger partial charge in [-0.05, 0) is 19.1 Å². The summed E-state index contributed by atoms with van der Waals surface area (Å²) < 4.78 is 3.41. The Morgan fingerprint density at radius 3 is 2.60 bits per heavy atom. The molecular weight excluding hydrogens is 216 g/mol. The number of H-pyrrole nitrogens is 2. The van der Waals surface area contributed by atoms with Gasteiger partial charge in [0, 0.05) is 13.6 Å². The predicted molar refractivity (Wildman–Crippen MR) is 58.7 cm³/mol. The first-order valence-electron chi connectivity index (χ1n) is 4.48. The van der Waals surface area contributed by atoms with Crippen molar-refractivity contribution in [2.24, 2.45) is 7.05 Å². The highest BCUT2D eigenvalue weighted by Crippen LogP contribution is 2.05. The molecule has 80 valence electrons. The van der Waals surface area contributed by atoms with Crippen molar-refractivity contribution in [3.05, 3.63) is 25.6 Å². The molecule has 2 heterocycles. The number of hydrogen-bond acceptors (Lipinski definition) is 3. The Hall–Kier alpha value is -1.63. The quantitative estimate of drug-likeness (QED) is 0.677. The van der Waals surface area contributed by atoms with Gasteiger partial charge >= 0.3 is 5.69 Å². The highest BCUT2D eigenvalue weighted by molar-refractivity contribution is 7.71. The largest absolute Gasteiger partial charge is 0.330 e. The summed E-state index contributed by atoms with van der Waals surface area (Å²) in [5.74, 6) is 0. The van der Waals surface area contributed by atoms with Crippen LogP contribution >= 0.6 is 12.2 Å². The molecule has 0 aliphatic rings. The number of imidazole rings is 1. The molecule has 2 rings (SSSR count). The van der Waals surface area contributed by atoms with Gasteiger partial charge in [0.2, 0.25) is 0 Å². The lowest BCUT2D eigenvalue weighted by molar-refractivity contribution is 0.719. The molecule has 0 fully saturated rings. The van der Waals surface area contributed by atoms with E-state index in [-0.39, 0.29) is 0 Å². The summed E-state index contributed by atoms with van der Waals surface area (Å²) in [5.41, 5.74) is 0.0154. The van der Waals surface area contributed by atoms with Crippen molar-refractivity contribution in [3.63, 3.8) is 0 Å². The first-order valence-corrected chi connectivity index (χ1v) is 4.89. The molecule has 0 amide bonds. The standard InChI is InChI=1S/C8H10N4O2S/c1-3-12-5-4(6(13)10-7(12)14)11(2)8(15)9-5/h3H2,1-2H3,(H,9,15)(H,10,13,14). The Balaban J connectivity index is 3.18. The van der Waals surface area contributed by atoms with Crippen molar-refractivity contribution in [2.45, 2.75) is 13.5 Å². The monoisotopic (exact) mass is 226 g/mol. The summed E-state index contributed by atoms with van der Waals surface area (Å²) in [7, 11) is 1.68. The van der Waals surface area contributed by atoms with Crippen molar-refractivity contribution >= 4 is 23.4 Å². The molecule has 0 radical (unpaired) electrons. The maximum absolute atomic E-state index is 11.5. The van der Waals surface area contributed by atoms with Gasteiger partial charge < -0.3 is 9.55 Å². The van der Waals surface area contributed by atoms with Gasteiger partial charge in [0.05, 0.1) is 0 Å². The van der Waals surface area contributed by atoms with Gasteiger partial charge in [-0.25, -0.2) is 4.79 Å². The Morgan fingerprint density at radius 1 is 1.33 bits per heavy atom. The summed E-state index contributed by atoms with van der Waals surface area (Å²) in [5, 5.41) is 0. The van der Waals surface area contributed by atoms with Crippen LogP contribution in [0.4, 0.5) is 0 Å². The van der Waals surface area contributed by atoms with Gasteiger partial charge in [-0.2, -0.15) is 0 Å². The number of aryl methyl sites for hydroxylation is 2. The molecule has 0 unspecified atom stereocenters. The van der Waals surface area contributed by atoms with Crippen molar-refractivity contribution in [1.82, 2.24) is 19.1 Å². The fourth-order valence-corrected chi connectivity index (χ4v) is 1.77. The highest BCUT2D eigenvalue weighted by atomic mass is 32.1. The molecule has 0 saturated carbocycles. The molecule has 0 aliphatic carbocycles. The second-order valence-corrected chi connectivity index (χ2v) is 3.58. The van der Waals surface area contributed by atoms with E-state index in [4.69, 9.17) is 12.2 Å². The zero-order valence-corrected chi connectivity index (χ0v) is 9.14. The van der Waals surface area contributed by atoms with Crippen molar-refractivity contribution in [3.8, 4) is 0 Å². The second-order valence-electron chi connectivity index (χ2n) is 3.19. The summed E-state index contributed by atoms with van der Waals surface area (Å²) >= 11 is 5.00. The Bertz CT molecular complexity index is 687. The van der Waals surface area contributed by atoms with Gasteiger partial charge in [-0.1, -0.05) is 0 Å². The van der Waals surface area contributed by atoms with E-state index in [1.807, 2.05) is 6.92 Å². The minimum Gasteiger partial charge on any atom is -0.316 e. The van der Waals surface area contributed by atoms with E-state index in [1.54, 1.807) is 11.6 Å². The second kappa shape index (κ2) is 3.20. The summed E-state index contributed by atoms with van der Waals surface area (Å²) in [6.07, 6.45) is 0. The summed E-state index contributed by atoms with van der Waals surface area (Å²) in [6, 6.07) is 0. The van der Waals surface area contributed by atoms with Crippen LogP contribution in [-0.4, -0.2) is 19.1 Å². The molecule has 2 N–H and O–H groups in total. The lowest BCUT2D eigenvalue weighted by Gasteiger charge is -2.01. The van der Waals surface area contributed by atoms with Crippen LogP contribution in [-0.2, 0) is 13.6 Å². The highest BCUT2D eigenvalue weighted by Gasteiger charge is 2.10. The lowest BCUT2D eigenvalue weighted by atomic mass is 10.5. The smallest absolute Gasteiger partial charge is 0.316 e. The average Bonchev–Trinajstić information content (AvgIpc) is 2.44. The minimum atomic E-state index is -0.424. The molecule has 0 bridgehead atoms. The molecule has 6 nitrogen and oxygen atoms in total. The molecule has 0 aromatic carbocycles. The van der Waals surface area contributed by atoms with Crippen LogP contribution in [0.25, 0.3) is 11.2 Å². The fraction of sp³-hybridized carbons (Fsp3) is 0.375. The van der Waals surface area contributed by atoms with Crippen LogP contribution < -0.4 is 11.2 Å². The molecular formula is C8H10N4O2S. The van der Waals surface area contributed by atoms with Gasteiger partial charge in [0.25, 0.3) is 5.56 Å². The number of aromatic nitrogens is 4. The van der Waals surface area contributed by atoms with Crippen LogP contribution in [0.15, 0.2) is 9.59 Å². The molecule has 0 saturated heterocycles. The fourth-order valence-electron chi connectivity index (χ4n) is 1.59. The number of aromatic amines is 2. The third-order valence-corrected chi connectivity index (χ3v) is 2.73. The van der Waals surface area contributed by atoms with E-state index in [2.05, 4.69) is 9.97 Å².